The Labute approximate surface area is 193 Å². The maximum atomic E-state index is 13.0. The Balaban J connectivity index is 1.75. The van der Waals surface area contributed by atoms with Crippen LogP contribution >= 0.6 is 0 Å². The zero-order chi connectivity index (χ0) is 23.5. The number of hydrogen-bond donors (Lipinski definition) is 3. The van der Waals surface area contributed by atoms with E-state index in [1.807, 2.05) is 48.6 Å². The molecule has 0 unspecified atom stereocenters. The van der Waals surface area contributed by atoms with Gasteiger partial charge in [-0.05, 0) is 54.3 Å². The van der Waals surface area contributed by atoms with E-state index in [2.05, 4.69) is 5.32 Å². The number of methoxy groups -OCH3 is 1. The molecule has 0 aliphatic carbocycles. The highest BCUT2D eigenvalue weighted by atomic mass is 16.5. The third-order valence-electron chi connectivity index (χ3n) is 5.25. The van der Waals surface area contributed by atoms with Crippen LogP contribution in [-0.2, 0) is 20.9 Å². The molecule has 1 aliphatic rings. The predicted octanol–water partition coefficient (Wildman–Crippen LogP) is 4.08. The van der Waals surface area contributed by atoms with Crippen molar-refractivity contribution >= 4 is 23.6 Å². The SMILES string of the molecule is COc1cc2cc(c1)COc1ccccc1NC(=O)[C@H](CCCCCC(=O)NO)OCC=C2. The molecule has 176 valence electrons. The molecule has 0 spiro atoms. The zero-order valence-electron chi connectivity index (χ0n) is 18.7. The summed E-state index contributed by atoms with van der Waals surface area (Å²) in [6, 6.07) is 13.1. The van der Waals surface area contributed by atoms with Gasteiger partial charge in [0.1, 0.15) is 24.2 Å². The lowest BCUT2D eigenvalue weighted by molar-refractivity contribution is -0.129. The van der Waals surface area contributed by atoms with Crippen molar-refractivity contribution in [2.45, 2.75) is 44.8 Å². The van der Waals surface area contributed by atoms with Crippen molar-refractivity contribution in [3.8, 4) is 11.5 Å². The Morgan fingerprint density at radius 3 is 2.88 bits per heavy atom. The minimum atomic E-state index is -0.654. The second-order valence-corrected chi connectivity index (χ2v) is 7.75. The van der Waals surface area contributed by atoms with Crippen LogP contribution in [0.4, 0.5) is 5.69 Å². The van der Waals surface area contributed by atoms with Gasteiger partial charge in [0, 0.05) is 6.42 Å². The Kier molecular flexibility index (Phi) is 9.29. The Bertz CT molecular complexity index is 975. The summed E-state index contributed by atoms with van der Waals surface area (Å²) >= 11 is 0. The van der Waals surface area contributed by atoms with Gasteiger partial charge in [-0.1, -0.05) is 37.1 Å². The van der Waals surface area contributed by atoms with Gasteiger partial charge in [0.25, 0.3) is 5.91 Å². The number of para-hydroxylation sites is 2. The van der Waals surface area contributed by atoms with E-state index >= 15 is 0 Å². The summed E-state index contributed by atoms with van der Waals surface area (Å²) in [6.07, 6.45) is 5.95. The smallest absolute Gasteiger partial charge is 0.253 e. The lowest BCUT2D eigenvalue weighted by Gasteiger charge is -2.19. The van der Waals surface area contributed by atoms with Gasteiger partial charge in [0.15, 0.2) is 0 Å². The third kappa shape index (κ3) is 7.62. The molecule has 0 radical (unpaired) electrons. The van der Waals surface area contributed by atoms with E-state index in [-0.39, 0.29) is 18.9 Å². The van der Waals surface area contributed by atoms with Crippen LogP contribution in [0.1, 0.15) is 43.2 Å². The van der Waals surface area contributed by atoms with Crippen molar-refractivity contribution in [1.29, 1.82) is 0 Å². The van der Waals surface area contributed by atoms with Crippen LogP contribution in [-0.4, -0.2) is 36.8 Å². The van der Waals surface area contributed by atoms with Gasteiger partial charge < -0.3 is 19.5 Å². The molecule has 8 heteroatoms. The number of anilines is 1. The van der Waals surface area contributed by atoms with Crippen molar-refractivity contribution < 1.29 is 29.0 Å². The van der Waals surface area contributed by atoms with Crippen LogP contribution in [0.5, 0.6) is 11.5 Å². The summed E-state index contributed by atoms with van der Waals surface area (Å²) < 4.78 is 17.3. The highest BCUT2D eigenvalue weighted by molar-refractivity contribution is 5.95. The summed E-state index contributed by atoms with van der Waals surface area (Å²) in [6.45, 7) is 0.599. The molecular formula is C25H30N2O6. The van der Waals surface area contributed by atoms with Crippen LogP contribution in [0.2, 0.25) is 0 Å². The standard InChI is InChI=1S/C25H30N2O6/c1-31-20-15-18-8-7-13-32-23(11-3-2-4-12-24(28)27-30)25(29)26-21-9-5-6-10-22(21)33-17-19(14-18)16-20/h5-10,14-16,23,30H,2-4,11-13,17H2,1H3,(H,26,29)(H,27,28)/t23-/m0/s1. The molecule has 2 amide bonds. The van der Waals surface area contributed by atoms with Crippen LogP contribution in [0.25, 0.3) is 6.08 Å². The largest absolute Gasteiger partial charge is 0.497 e. The molecule has 1 atom stereocenters. The lowest BCUT2D eigenvalue weighted by Crippen LogP contribution is -2.31. The molecule has 0 saturated carbocycles. The van der Waals surface area contributed by atoms with Crippen LogP contribution in [0, 0.1) is 0 Å². The number of amides is 2. The Morgan fingerprint density at radius 2 is 2.06 bits per heavy atom. The van der Waals surface area contributed by atoms with Gasteiger partial charge in [-0.2, -0.15) is 0 Å². The molecule has 2 aromatic carbocycles. The van der Waals surface area contributed by atoms with Gasteiger partial charge in [0.05, 0.1) is 19.4 Å². The van der Waals surface area contributed by atoms with E-state index < -0.39 is 12.0 Å². The fourth-order valence-electron chi connectivity index (χ4n) is 3.55. The number of rotatable bonds is 7. The molecule has 2 aromatic rings. The number of fused-ring (bicyclic) bond motifs is 3. The van der Waals surface area contributed by atoms with Crippen LogP contribution < -0.4 is 20.3 Å². The molecule has 33 heavy (non-hydrogen) atoms. The van der Waals surface area contributed by atoms with E-state index in [4.69, 9.17) is 19.4 Å². The van der Waals surface area contributed by atoms with Gasteiger partial charge >= 0.3 is 0 Å². The number of carbonyl (C=O) groups is 2. The number of hydroxylamine groups is 1. The van der Waals surface area contributed by atoms with E-state index in [0.717, 1.165) is 23.3 Å². The molecule has 1 aliphatic heterocycles. The summed E-state index contributed by atoms with van der Waals surface area (Å²) in [5.41, 5.74) is 4.09. The van der Waals surface area contributed by atoms with Crippen molar-refractivity contribution in [2.24, 2.45) is 0 Å². The van der Waals surface area contributed by atoms with Gasteiger partial charge in [-0.25, -0.2) is 5.48 Å². The maximum absolute atomic E-state index is 13.0. The first kappa shape index (κ1) is 24.3. The number of ether oxygens (including phenoxy) is 3. The number of hydrogen-bond acceptors (Lipinski definition) is 6. The minimum Gasteiger partial charge on any atom is -0.497 e. The summed E-state index contributed by atoms with van der Waals surface area (Å²) in [7, 11) is 1.63. The molecule has 0 aromatic heterocycles. The monoisotopic (exact) mass is 454 g/mol. The highest BCUT2D eigenvalue weighted by Gasteiger charge is 2.20. The normalized spacial score (nSPS) is 16.1. The first-order chi connectivity index (χ1) is 16.1. The molecule has 3 N–H and O–H groups in total. The Morgan fingerprint density at radius 1 is 1.21 bits per heavy atom. The average Bonchev–Trinajstić information content (AvgIpc) is 2.83. The topological polar surface area (TPSA) is 106 Å². The molecule has 0 saturated heterocycles. The van der Waals surface area contributed by atoms with E-state index in [9.17, 15) is 9.59 Å². The number of unbranched alkanes of at least 4 members (excludes halogenated alkanes) is 2. The van der Waals surface area contributed by atoms with Crippen molar-refractivity contribution in [2.75, 3.05) is 19.0 Å². The van der Waals surface area contributed by atoms with Crippen molar-refractivity contribution in [3.63, 3.8) is 0 Å². The van der Waals surface area contributed by atoms with Gasteiger partial charge in [-0.15, -0.1) is 0 Å². The quantitative estimate of drug-likeness (QED) is 0.331. The van der Waals surface area contributed by atoms with Crippen LogP contribution in [0.3, 0.4) is 0 Å². The molecule has 1 heterocycles. The molecule has 8 nitrogen and oxygen atoms in total. The molecular weight excluding hydrogens is 424 g/mol. The van der Waals surface area contributed by atoms with E-state index in [0.29, 0.717) is 37.3 Å². The molecule has 0 fully saturated rings. The van der Waals surface area contributed by atoms with Crippen molar-refractivity contribution in [1.82, 2.24) is 5.48 Å². The second-order valence-electron chi connectivity index (χ2n) is 7.75. The number of carbonyl (C=O) groups excluding carboxylic acids is 2. The average molecular weight is 455 g/mol. The Hall–Kier alpha value is -3.36. The van der Waals surface area contributed by atoms with Gasteiger partial charge in [-0.3, -0.25) is 14.8 Å². The van der Waals surface area contributed by atoms with E-state index in [1.165, 1.54) is 0 Å². The lowest BCUT2D eigenvalue weighted by atomic mass is 10.1. The fraction of sp³-hybridized carbons (Fsp3) is 0.360. The number of nitrogens with one attached hydrogen (secondary N) is 2. The third-order valence-corrected chi connectivity index (χ3v) is 5.25. The number of benzene rings is 2. The second kappa shape index (κ2) is 12.6. The maximum Gasteiger partial charge on any atom is 0.253 e. The first-order valence-electron chi connectivity index (χ1n) is 11.0. The van der Waals surface area contributed by atoms with E-state index in [1.54, 1.807) is 18.7 Å². The zero-order valence-corrected chi connectivity index (χ0v) is 18.7. The van der Waals surface area contributed by atoms with Crippen LogP contribution in [0.15, 0.2) is 48.5 Å². The highest BCUT2D eigenvalue weighted by Crippen LogP contribution is 2.27. The summed E-state index contributed by atoms with van der Waals surface area (Å²) in [5.74, 6) is 0.643. The first-order valence-corrected chi connectivity index (χ1v) is 11.0. The fourth-order valence-corrected chi connectivity index (χ4v) is 3.55. The van der Waals surface area contributed by atoms with Gasteiger partial charge in [0.2, 0.25) is 5.91 Å². The molecule has 3 rings (SSSR count). The molecule has 2 bridgehead atoms. The van der Waals surface area contributed by atoms with Crippen molar-refractivity contribution in [3.05, 3.63) is 59.7 Å². The predicted molar refractivity (Wildman–Crippen MR) is 124 cm³/mol. The minimum absolute atomic E-state index is 0.240. The summed E-state index contributed by atoms with van der Waals surface area (Å²) in [4.78, 5) is 24.1. The summed E-state index contributed by atoms with van der Waals surface area (Å²) in [5, 5.41) is 11.5.